The lowest BCUT2D eigenvalue weighted by Crippen LogP contribution is -2.35. The van der Waals surface area contributed by atoms with Crippen LogP contribution in [0.2, 0.25) is 0 Å². The molecule has 1 aliphatic carbocycles. The van der Waals surface area contributed by atoms with E-state index in [-0.39, 0.29) is 24.2 Å². The molecule has 0 unspecified atom stereocenters. The van der Waals surface area contributed by atoms with Gasteiger partial charge < -0.3 is 14.0 Å². The second-order valence-electron chi connectivity index (χ2n) is 4.36. The third kappa shape index (κ3) is 2.09. The fraction of sp³-hybridized carbons (Fsp3) is 0.500. The first-order valence-corrected chi connectivity index (χ1v) is 5.64. The summed E-state index contributed by atoms with van der Waals surface area (Å²) in [7, 11) is 2.45. The molecule has 0 amide bonds. The molecule has 0 saturated heterocycles. The van der Waals surface area contributed by atoms with Crippen LogP contribution in [-0.2, 0) is 10.3 Å². The van der Waals surface area contributed by atoms with Crippen LogP contribution in [0.4, 0.5) is 8.78 Å². The van der Waals surface area contributed by atoms with Crippen molar-refractivity contribution in [3.63, 3.8) is 0 Å². The number of methoxy groups -OCH3 is 2. The van der Waals surface area contributed by atoms with E-state index in [4.69, 9.17) is 4.74 Å². The van der Waals surface area contributed by atoms with Gasteiger partial charge in [-0.25, -0.2) is 13.6 Å². The van der Waals surface area contributed by atoms with Crippen molar-refractivity contribution in [1.82, 2.24) is 4.57 Å². The van der Waals surface area contributed by atoms with E-state index in [0.717, 1.165) is 23.9 Å². The second kappa shape index (κ2) is 4.64. The smallest absolute Gasteiger partial charge is 0.343 e. The molecule has 0 aliphatic heterocycles. The molecule has 104 valence electrons. The fourth-order valence-corrected chi connectivity index (χ4v) is 1.99. The first-order chi connectivity index (χ1) is 8.96. The summed E-state index contributed by atoms with van der Waals surface area (Å²) in [6, 6.07) is 1.02. The zero-order valence-electron chi connectivity index (χ0n) is 10.5. The normalized spacial score (nSPS) is 16.3. The molecule has 1 aromatic rings. The number of hydrogen-bond donors (Lipinski definition) is 0. The van der Waals surface area contributed by atoms with Crippen LogP contribution >= 0.6 is 0 Å². The molecule has 19 heavy (non-hydrogen) atoms. The molecule has 0 spiro atoms. The number of nitrogens with zero attached hydrogens (tertiary/aromatic N) is 1. The van der Waals surface area contributed by atoms with Gasteiger partial charge in [-0.1, -0.05) is 0 Å². The van der Waals surface area contributed by atoms with E-state index in [2.05, 4.69) is 4.74 Å². The van der Waals surface area contributed by atoms with Gasteiger partial charge in [0.25, 0.3) is 12.0 Å². The molecular weight excluding hydrogens is 260 g/mol. The van der Waals surface area contributed by atoms with Gasteiger partial charge in [-0.15, -0.1) is 0 Å². The monoisotopic (exact) mass is 273 g/mol. The average molecular weight is 273 g/mol. The quantitative estimate of drug-likeness (QED) is 0.778. The summed E-state index contributed by atoms with van der Waals surface area (Å²) in [5.41, 5.74) is -2.16. The molecule has 5 nitrogen and oxygen atoms in total. The standard InChI is InChI=1S/C12H13F2NO4/c1-18-8-5-9(16)15(6-7(8)10(17)19-2)12(3-4-12)11(13)14/h5-6,11H,3-4H2,1-2H3. The van der Waals surface area contributed by atoms with Gasteiger partial charge >= 0.3 is 5.97 Å². The summed E-state index contributed by atoms with van der Waals surface area (Å²) in [4.78, 5) is 23.4. The molecule has 1 fully saturated rings. The van der Waals surface area contributed by atoms with Crippen molar-refractivity contribution in [2.45, 2.75) is 24.8 Å². The number of aromatic nitrogens is 1. The molecule has 7 heteroatoms. The largest absolute Gasteiger partial charge is 0.496 e. The lowest BCUT2D eigenvalue weighted by Gasteiger charge is -2.19. The third-order valence-electron chi connectivity index (χ3n) is 3.29. The molecule has 1 aromatic heterocycles. The number of hydrogen-bond acceptors (Lipinski definition) is 4. The van der Waals surface area contributed by atoms with Crippen molar-refractivity contribution in [1.29, 1.82) is 0 Å². The van der Waals surface area contributed by atoms with Crippen LogP contribution < -0.4 is 10.3 Å². The number of ether oxygens (including phenoxy) is 2. The highest BCUT2D eigenvalue weighted by Gasteiger charge is 2.53. The van der Waals surface area contributed by atoms with Crippen molar-refractivity contribution in [2.24, 2.45) is 0 Å². The van der Waals surface area contributed by atoms with E-state index in [1.807, 2.05) is 0 Å². The fourth-order valence-electron chi connectivity index (χ4n) is 1.99. The Labute approximate surface area is 107 Å². The van der Waals surface area contributed by atoms with Crippen molar-refractivity contribution in [3.8, 4) is 5.75 Å². The Hall–Kier alpha value is -1.92. The third-order valence-corrected chi connectivity index (χ3v) is 3.29. The van der Waals surface area contributed by atoms with E-state index in [0.29, 0.717) is 0 Å². The molecule has 0 N–H and O–H groups in total. The van der Waals surface area contributed by atoms with Gasteiger partial charge in [0.1, 0.15) is 16.9 Å². The Morgan fingerprint density at radius 2 is 2.05 bits per heavy atom. The maximum Gasteiger partial charge on any atom is 0.343 e. The Balaban J connectivity index is 2.58. The van der Waals surface area contributed by atoms with Crippen LogP contribution in [0.1, 0.15) is 23.2 Å². The van der Waals surface area contributed by atoms with Gasteiger partial charge in [0, 0.05) is 12.3 Å². The van der Waals surface area contributed by atoms with E-state index >= 15 is 0 Å². The molecule has 2 rings (SSSR count). The van der Waals surface area contributed by atoms with Crippen LogP contribution in [0.3, 0.4) is 0 Å². The van der Waals surface area contributed by atoms with Gasteiger partial charge in [0.15, 0.2) is 0 Å². The summed E-state index contributed by atoms with van der Waals surface area (Å²) < 4.78 is 36.4. The number of pyridine rings is 1. The van der Waals surface area contributed by atoms with Gasteiger partial charge in [-0.3, -0.25) is 4.79 Å². The Morgan fingerprint density at radius 3 is 2.47 bits per heavy atom. The Morgan fingerprint density at radius 1 is 1.42 bits per heavy atom. The maximum absolute atomic E-state index is 13.0. The topological polar surface area (TPSA) is 57.5 Å². The first kappa shape index (κ1) is 13.5. The van der Waals surface area contributed by atoms with Crippen molar-refractivity contribution >= 4 is 5.97 Å². The summed E-state index contributed by atoms with van der Waals surface area (Å²) in [6.07, 6.45) is -1.16. The van der Waals surface area contributed by atoms with Gasteiger partial charge in [0.05, 0.1) is 14.2 Å². The molecule has 0 aromatic carbocycles. The van der Waals surface area contributed by atoms with E-state index < -0.39 is 23.5 Å². The first-order valence-electron chi connectivity index (χ1n) is 5.64. The second-order valence-corrected chi connectivity index (χ2v) is 4.36. The number of esters is 1. The molecule has 1 heterocycles. The highest BCUT2D eigenvalue weighted by Crippen LogP contribution is 2.47. The van der Waals surface area contributed by atoms with Crippen molar-refractivity contribution in [3.05, 3.63) is 28.2 Å². The minimum Gasteiger partial charge on any atom is -0.496 e. The minimum absolute atomic E-state index is 0.0122. The summed E-state index contributed by atoms with van der Waals surface area (Å²) in [5, 5.41) is 0. The SMILES string of the molecule is COC(=O)c1cn(C2(C(F)F)CC2)c(=O)cc1OC. The van der Waals surface area contributed by atoms with Crippen molar-refractivity contribution < 1.29 is 23.0 Å². The number of halogens is 2. The maximum atomic E-state index is 13.0. The molecule has 0 bridgehead atoms. The lowest BCUT2D eigenvalue weighted by molar-refractivity contribution is 0.0574. The van der Waals surface area contributed by atoms with Gasteiger partial charge in [-0.2, -0.15) is 0 Å². The molecule has 0 radical (unpaired) electrons. The summed E-state index contributed by atoms with van der Waals surface area (Å²) >= 11 is 0. The zero-order valence-corrected chi connectivity index (χ0v) is 10.5. The van der Waals surface area contributed by atoms with Crippen LogP contribution in [0.15, 0.2) is 17.1 Å². The van der Waals surface area contributed by atoms with E-state index in [1.165, 1.54) is 7.11 Å². The Bertz CT molecular complexity index is 563. The Kier molecular flexibility index (Phi) is 3.30. The molecule has 0 atom stereocenters. The van der Waals surface area contributed by atoms with Crippen LogP contribution in [-0.4, -0.2) is 31.2 Å². The van der Waals surface area contributed by atoms with Crippen LogP contribution in [0, 0.1) is 0 Å². The van der Waals surface area contributed by atoms with Crippen molar-refractivity contribution in [2.75, 3.05) is 14.2 Å². The van der Waals surface area contributed by atoms with Crippen LogP contribution in [0.25, 0.3) is 0 Å². The lowest BCUT2D eigenvalue weighted by atomic mass is 10.2. The molecular formula is C12H13F2NO4. The van der Waals surface area contributed by atoms with Crippen LogP contribution in [0.5, 0.6) is 5.75 Å². The number of carbonyl (C=O) groups is 1. The average Bonchev–Trinajstić information content (AvgIpc) is 3.18. The summed E-state index contributed by atoms with van der Waals surface area (Å²) in [5.74, 6) is -0.728. The highest BCUT2D eigenvalue weighted by molar-refractivity contribution is 5.92. The van der Waals surface area contributed by atoms with Gasteiger partial charge in [0.2, 0.25) is 0 Å². The number of rotatable bonds is 4. The molecule has 1 saturated carbocycles. The number of alkyl halides is 2. The van der Waals surface area contributed by atoms with E-state index in [1.54, 1.807) is 0 Å². The summed E-state index contributed by atoms with van der Waals surface area (Å²) in [6.45, 7) is 0. The number of carbonyl (C=O) groups excluding carboxylic acids is 1. The minimum atomic E-state index is -2.66. The highest BCUT2D eigenvalue weighted by atomic mass is 19.3. The predicted molar refractivity (Wildman–Crippen MR) is 61.8 cm³/mol. The zero-order chi connectivity index (χ0) is 14.2. The molecule has 1 aliphatic rings. The predicted octanol–water partition coefficient (Wildman–Crippen LogP) is 1.40. The van der Waals surface area contributed by atoms with Gasteiger partial charge in [-0.05, 0) is 12.8 Å². The van der Waals surface area contributed by atoms with E-state index in [9.17, 15) is 18.4 Å².